The van der Waals surface area contributed by atoms with E-state index in [4.69, 9.17) is 0 Å². The maximum Gasteiger partial charge on any atom is 0.246 e. The predicted molar refractivity (Wildman–Crippen MR) is 102 cm³/mol. The quantitative estimate of drug-likeness (QED) is 0.534. The summed E-state index contributed by atoms with van der Waals surface area (Å²) >= 11 is 1.69. The molecule has 5 nitrogen and oxygen atoms in total. The first kappa shape index (κ1) is 18.0. The molecule has 0 unspecified atom stereocenters. The van der Waals surface area contributed by atoms with Crippen LogP contribution in [0.1, 0.15) is 24.3 Å². The first-order valence-corrected chi connectivity index (χ1v) is 9.02. The van der Waals surface area contributed by atoms with Crippen molar-refractivity contribution in [3.63, 3.8) is 0 Å². The number of nitrogens with zero attached hydrogens (tertiary/aromatic N) is 1. The lowest BCUT2D eigenvalue weighted by molar-refractivity contribution is -0.114. The molecule has 0 aliphatic heterocycles. The second kappa shape index (κ2) is 9.72. The third-order valence-electron chi connectivity index (χ3n) is 3.35. The van der Waals surface area contributed by atoms with Gasteiger partial charge in [-0.15, -0.1) is 11.3 Å². The van der Waals surface area contributed by atoms with E-state index in [1.54, 1.807) is 11.3 Å². The Bertz CT molecular complexity index is 667. The maximum atomic E-state index is 12.1. The van der Waals surface area contributed by atoms with Crippen LogP contribution in [0.15, 0.2) is 46.8 Å². The van der Waals surface area contributed by atoms with Gasteiger partial charge in [-0.3, -0.25) is 4.79 Å². The van der Waals surface area contributed by atoms with Gasteiger partial charge < -0.3 is 16.0 Å². The van der Waals surface area contributed by atoms with Gasteiger partial charge in [-0.25, -0.2) is 4.99 Å². The smallest absolute Gasteiger partial charge is 0.246 e. The molecule has 3 N–H and O–H groups in total. The van der Waals surface area contributed by atoms with Crippen molar-refractivity contribution in [1.29, 1.82) is 0 Å². The van der Waals surface area contributed by atoms with E-state index in [-0.39, 0.29) is 12.5 Å². The second-order valence-electron chi connectivity index (χ2n) is 5.23. The molecule has 1 aromatic heterocycles. The number of amides is 1. The fraction of sp³-hybridized carbons (Fsp3) is 0.333. The number of aryl methyl sites for hydroxylation is 1. The van der Waals surface area contributed by atoms with Crippen molar-refractivity contribution >= 4 is 28.9 Å². The van der Waals surface area contributed by atoms with Crippen molar-refractivity contribution in [1.82, 2.24) is 10.6 Å². The summed E-state index contributed by atoms with van der Waals surface area (Å²) in [7, 11) is 0. The summed E-state index contributed by atoms with van der Waals surface area (Å²) in [6.07, 6.45) is 0.944. The SMILES string of the molecule is CCNC(=NCC(=O)Nc1cccc(CC)c1)NCc1cccs1. The molecule has 24 heavy (non-hydrogen) atoms. The minimum Gasteiger partial charge on any atom is -0.357 e. The van der Waals surface area contributed by atoms with Crippen LogP contribution in [-0.2, 0) is 17.8 Å². The summed E-state index contributed by atoms with van der Waals surface area (Å²) in [5, 5.41) is 11.3. The van der Waals surface area contributed by atoms with Crippen LogP contribution < -0.4 is 16.0 Å². The predicted octanol–water partition coefficient (Wildman–Crippen LogP) is 3.00. The molecular weight excluding hydrogens is 320 g/mol. The van der Waals surface area contributed by atoms with Crippen LogP contribution in [0.3, 0.4) is 0 Å². The molecule has 2 aromatic rings. The third kappa shape index (κ3) is 6.04. The second-order valence-corrected chi connectivity index (χ2v) is 6.26. The summed E-state index contributed by atoms with van der Waals surface area (Å²) in [4.78, 5) is 17.6. The van der Waals surface area contributed by atoms with Crippen molar-refractivity contribution in [3.05, 3.63) is 52.2 Å². The molecule has 0 aliphatic rings. The highest BCUT2D eigenvalue weighted by molar-refractivity contribution is 7.09. The van der Waals surface area contributed by atoms with Crippen molar-refractivity contribution in [2.45, 2.75) is 26.8 Å². The van der Waals surface area contributed by atoms with Crippen LogP contribution in [-0.4, -0.2) is 25.0 Å². The van der Waals surface area contributed by atoms with Crippen molar-refractivity contribution in [3.8, 4) is 0 Å². The van der Waals surface area contributed by atoms with Gasteiger partial charge in [0.15, 0.2) is 5.96 Å². The highest BCUT2D eigenvalue weighted by Crippen LogP contribution is 2.11. The van der Waals surface area contributed by atoms with Crippen LogP contribution >= 0.6 is 11.3 Å². The van der Waals surface area contributed by atoms with Crippen LogP contribution in [0.5, 0.6) is 0 Å². The molecule has 0 saturated heterocycles. The zero-order valence-corrected chi connectivity index (χ0v) is 15.0. The van der Waals surface area contributed by atoms with Crippen LogP contribution in [0, 0.1) is 0 Å². The Morgan fingerprint density at radius 3 is 2.75 bits per heavy atom. The summed E-state index contributed by atoms with van der Waals surface area (Å²) in [5.74, 6) is 0.514. The van der Waals surface area contributed by atoms with E-state index in [1.165, 1.54) is 10.4 Å². The van der Waals surface area contributed by atoms with Crippen molar-refractivity contribution < 1.29 is 4.79 Å². The number of hydrogen-bond acceptors (Lipinski definition) is 3. The van der Waals surface area contributed by atoms with Crippen LogP contribution in [0.4, 0.5) is 5.69 Å². The van der Waals surface area contributed by atoms with E-state index < -0.39 is 0 Å². The van der Waals surface area contributed by atoms with E-state index in [0.717, 1.165) is 18.7 Å². The highest BCUT2D eigenvalue weighted by Gasteiger charge is 2.04. The van der Waals surface area contributed by atoms with Crippen molar-refractivity contribution in [2.24, 2.45) is 4.99 Å². The number of rotatable bonds is 7. The first-order chi connectivity index (χ1) is 11.7. The Morgan fingerprint density at radius 2 is 2.04 bits per heavy atom. The van der Waals surface area contributed by atoms with Gasteiger partial charge in [-0.2, -0.15) is 0 Å². The lowest BCUT2D eigenvalue weighted by Crippen LogP contribution is -2.37. The monoisotopic (exact) mass is 344 g/mol. The number of carbonyl (C=O) groups excluding carboxylic acids is 1. The first-order valence-electron chi connectivity index (χ1n) is 8.14. The molecule has 0 fully saturated rings. The van der Waals surface area contributed by atoms with Gasteiger partial charge in [0, 0.05) is 17.1 Å². The minimum absolute atomic E-state index is 0.0795. The molecular formula is C18H24N4OS. The fourth-order valence-corrected chi connectivity index (χ4v) is 2.79. The van der Waals surface area contributed by atoms with E-state index in [2.05, 4.69) is 33.9 Å². The molecule has 1 amide bonds. The van der Waals surface area contributed by atoms with Gasteiger partial charge >= 0.3 is 0 Å². The van der Waals surface area contributed by atoms with Crippen LogP contribution in [0.2, 0.25) is 0 Å². The molecule has 0 radical (unpaired) electrons. The van der Waals surface area contributed by atoms with Crippen LogP contribution in [0.25, 0.3) is 0 Å². The summed E-state index contributed by atoms with van der Waals surface area (Å²) in [6.45, 7) is 5.61. The molecule has 2 rings (SSSR count). The van der Waals surface area contributed by atoms with Gasteiger partial charge in [0.05, 0.1) is 6.54 Å². The highest BCUT2D eigenvalue weighted by atomic mass is 32.1. The third-order valence-corrected chi connectivity index (χ3v) is 4.23. The molecule has 1 aromatic carbocycles. The topological polar surface area (TPSA) is 65.5 Å². The average Bonchev–Trinajstić information content (AvgIpc) is 3.11. The van der Waals surface area contributed by atoms with Crippen molar-refractivity contribution in [2.75, 3.05) is 18.4 Å². The van der Waals surface area contributed by atoms with Gasteiger partial charge in [0.2, 0.25) is 5.91 Å². The number of benzene rings is 1. The van der Waals surface area contributed by atoms with Gasteiger partial charge in [0.25, 0.3) is 0 Å². The Kier molecular flexibility index (Phi) is 7.29. The Hall–Kier alpha value is -2.34. The van der Waals surface area contributed by atoms with Gasteiger partial charge in [-0.1, -0.05) is 25.1 Å². The molecule has 0 atom stereocenters. The number of hydrogen-bond donors (Lipinski definition) is 3. The zero-order chi connectivity index (χ0) is 17.2. The molecule has 6 heteroatoms. The van der Waals surface area contributed by atoms with Gasteiger partial charge in [0.1, 0.15) is 6.54 Å². The van der Waals surface area contributed by atoms with E-state index in [0.29, 0.717) is 12.5 Å². The normalized spacial score (nSPS) is 11.2. The maximum absolute atomic E-state index is 12.1. The molecule has 0 bridgehead atoms. The lowest BCUT2D eigenvalue weighted by atomic mass is 10.1. The lowest BCUT2D eigenvalue weighted by Gasteiger charge is -2.10. The number of carbonyl (C=O) groups is 1. The van der Waals surface area contributed by atoms with E-state index >= 15 is 0 Å². The van der Waals surface area contributed by atoms with Gasteiger partial charge in [-0.05, 0) is 42.5 Å². The standard InChI is InChI=1S/C18H24N4OS/c1-3-14-7-5-8-15(11-14)22-17(23)13-21-18(19-4-2)20-12-16-9-6-10-24-16/h5-11H,3-4,12-13H2,1-2H3,(H,22,23)(H2,19,20,21). The average molecular weight is 344 g/mol. The minimum atomic E-state index is -0.128. The van der Waals surface area contributed by atoms with E-state index in [1.807, 2.05) is 42.6 Å². The summed E-state index contributed by atoms with van der Waals surface area (Å²) in [6, 6.07) is 12.0. The number of guanidine groups is 1. The Morgan fingerprint density at radius 1 is 1.17 bits per heavy atom. The molecule has 128 valence electrons. The Labute approximate surface area is 147 Å². The zero-order valence-electron chi connectivity index (χ0n) is 14.1. The fourth-order valence-electron chi connectivity index (χ4n) is 2.15. The largest absolute Gasteiger partial charge is 0.357 e. The summed E-state index contributed by atoms with van der Waals surface area (Å²) < 4.78 is 0. The van der Waals surface area contributed by atoms with E-state index in [9.17, 15) is 4.79 Å². The Balaban J connectivity index is 1.88. The number of aliphatic imine (C=N–C) groups is 1. The molecule has 0 aliphatic carbocycles. The number of thiophene rings is 1. The number of anilines is 1. The molecule has 1 heterocycles. The number of nitrogens with one attached hydrogen (secondary N) is 3. The summed E-state index contributed by atoms with van der Waals surface area (Å²) in [5.41, 5.74) is 2.01. The molecule has 0 spiro atoms. The molecule has 0 saturated carbocycles.